The minimum Gasteiger partial charge on any atom is -0.492 e. The number of allylic oxidation sites excluding steroid dienone is 1. The first-order chi connectivity index (χ1) is 9.53. The van der Waals surface area contributed by atoms with Crippen LogP contribution in [-0.4, -0.2) is 21.1 Å². The van der Waals surface area contributed by atoms with Crippen molar-refractivity contribution in [2.75, 3.05) is 12.3 Å². The molecule has 1 aromatic carbocycles. The predicted octanol–water partition coefficient (Wildman–Crippen LogP) is 2.05. The van der Waals surface area contributed by atoms with Gasteiger partial charge in [0.05, 0.1) is 6.61 Å². The third-order valence-electron chi connectivity index (χ3n) is 3.15. The summed E-state index contributed by atoms with van der Waals surface area (Å²) >= 11 is 0. The van der Waals surface area contributed by atoms with E-state index in [9.17, 15) is 8.42 Å². The van der Waals surface area contributed by atoms with Crippen LogP contribution < -0.4 is 15.2 Å². The lowest BCUT2D eigenvalue weighted by Gasteiger charge is -2.20. The molecule has 110 valence electrons. The molecule has 1 aliphatic rings. The molecule has 1 aliphatic carbocycles. The van der Waals surface area contributed by atoms with E-state index >= 15 is 0 Å². The van der Waals surface area contributed by atoms with Gasteiger partial charge in [0.2, 0.25) is 10.0 Å². The minimum absolute atomic E-state index is 0.0686. The standard InChI is InChI=1S/C14H20N2O3S/c1-2-19-13-9-8-11(15)10-14(13)20(17,18)16-12-6-4-3-5-7-12/h3-4,8-10,12,16H,2,5-7,15H2,1H3. The number of anilines is 1. The molecule has 0 aromatic heterocycles. The van der Waals surface area contributed by atoms with Gasteiger partial charge in [0, 0.05) is 11.7 Å². The topological polar surface area (TPSA) is 81.4 Å². The van der Waals surface area contributed by atoms with Gasteiger partial charge >= 0.3 is 0 Å². The molecule has 0 saturated carbocycles. The lowest BCUT2D eigenvalue weighted by atomic mass is 10.0. The van der Waals surface area contributed by atoms with E-state index in [0.717, 1.165) is 12.8 Å². The molecule has 0 spiro atoms. The molecule has 0 bridgehead atoms. The summed E-state index contributed by atoms with van der Waals surface area (Å²) in [5.41, 5.74) is 6.09. The Morgan fingerprint density at radius 3 is 2.85 bits per heavy atom. The van der Waals surface area contributed by atoms with Gasteiger partial charge in [0.25, 0.3) is 0 Å². The second-order valence-electron chi connectivity index (χ2n) is 4.74. The van der Waals surface area contributed by atoms with Gasteiger partial charge < -0.3 is 10.5 Å². The number of nitrogens with one attached hydrogen (secondary N) is 1. The van der Waals surface area contributed by atoms with Gasteiger partial charge in [-0.15, -0.1) is 0 Å². The molecular weight excluding hydrogens is 276 g/mol. The van der Waals surface area contributed by atoms with E-state index in [1.165, 1.54) is 6.07 Å². The molecule has 0 radical (unpaired) electrons. The zero-order valence-corrected chi connectivity index (χ0v) is 12.3. The molecular formula is C14H20N2O3S. The summed E-state index contributed by atoms with van der Waals surface area (Å²) in [5, 5.41) is 0. The average Bonchev–Trinajstić information content (AvgIpc) is 2.41. The third kappa shape index (κ3) is 3.52. The number of hydrogen-bond donors (Lipinski definition) is 2. The van der Waals surface area contributed by atoms with E-state index in [1.54, 1.807) is 12.1 Å². The molecule has 0 fully saturated rings. The molecule has 1 unspecified atom stereocenters. The number of benzene rings is 1. The summed E-state index contributed by atoms with van der Waals surface area (Å²) < 4.78 is 33.1. The van der Waals surface area contributed by atoms with Crippen molar-refractivity contribution in [1.29, 1.82) is 0 Å². The molecule has 0 amide bonds. The second kappa shape index (κ2) is 6.28. The van der Waals surface area contributed by atoms with Crippen LogP contribution in [0.5, 0.6) is 5.75 Å². The Hall–Kier alpha value is -1.53. The van der Waals surface area contributed by atoms with Crippen LogP contribution in [0.2, 0.25) is 0 Å². The molecule has 0 saturated heterocycles. The highest BCUT2D eigenvalue weighted by Crippen LogP contribution is 2.27. The number of rotatable bonds is 5. The Labute approximate surface area is 119 Å². The van der Waals surface area contributed by atoms with Crippen LogP contribution >= 0.6 is 0 Å². The summed E-state index contributed by atoms with van der Waals surface area (Å²) in [6, 6.07) is 4.59. The molecule has 0 heterocycles. The van der Waals surface area contributed by atoms with Crippen molar-refractivity contribution in [3.05, 3.63) is 30.4 Å². The summed E-state index contributed by atoms with van der Waals surface area (Å²) in [7, 11) is -3.62. The van der Waals surface area contributed by atoms with Crippen molar-refractivity contribution in [3.8, 4) is 5.75 Å². The summed E-state index contributed by atoms with van der Waals surface area (Å²) in [5.74, 6) is 0.334. The fraction of sp³-hybridized carbons (Fsp3) is 0.429. The molecule has 20 heavy (non-hydrogen) atoms. The van der Waals surface area contributed by atoms with Gasteiger partial charge in [-0.1, -0.05) is 12.2 Å². The van der Waals surface area contributed by atoms with Gasteiger partial charge in [-0.05, 0) is 44.4 Å². The zero-order valence-electron chi connectivity index (χ0n) is 11.5. The highest BCUT2D eigenvalue weighted by Gasteiger charge is 2.24. The monoisotopic (exact) mass is 296 g/mol. The van der Waals surface area contributed by atoms with E-state index in [4.69, 9.17) is 10.5 Å². The average molecular weight is 296 g/mol. The minimum atomic E-state index is -3.62. The lowest BCUT2D eigenvalue weighted by molar-refractivity contribution is 0.331. The normalized spacial score (nSPS) is 18.9. The maximum atomic E-state index is 12.5. The van der Waals surface area contributed by atoms with Crippen LogP contribution in [0.15, 0.2) is 35.2 Å². The van der Waals surface area contributed by atoms with Crippen molar-refractivity contribution in [2.24, 2.45) is 0 Å². The van der Waals surface area contributed by atoms with Crippen molar-refractivity contribution in [1.82, 2.24) is 4.72 Å². The molecule has 2 rings (SSSR count). The smallest absolute Gasteiger partial charge is 0.244 e. The van der Waals surface area contributed by atoms with Gasteiger partial charge in [-0.25, -0.2) is 13.1 Å². The number of ether oxygens (including phenoxy) is 1. The molecule has 6 heteroatoms. The lowest BCUT2D eigenvalue weighted by Crippen LogP contribution is -2.35. The van der Waals surface area contributed by atoms with E-state index < -0.39 is 10.0 Å². The Morgan fingerprint density at radius 2 is 2.20 bits per heavy atom. The second-order valence-corrected chi connectivity index (χ2v) is 6.42. The highest BCUT2D eigenvalue weighted by atomic mass is 32.2. The summed E-state index contributed by atoms with van der Waals surface area (Å²) in [6.45, 7) is 2.21. The Morgan fingerprint density at radius 1 is 1.40 bits per heavy atom. The fourth-order valence-electron chi connectivity index (χ4n) is 2.19. The molecule has 1 aromatic rings. The Kier molecular flexibility index (Phi) is 4.67. The van der Waals surface area contributed by atoms with E-state index in [2.05, 4.69) is 10.8 Å². The number of hydrogen-bond acceptors (Lipinski definition) is 4. The maximum absolute atomic E-state index is 12.5. The largest absolute Gasteiger partial charge is 0.492 e. The third-order valence-corrected chi connectivity index (χ3v) is 4.69. The van der Waals surface area contributed by atoms with Gasteiger partial charge in [0.1, 0.15) is 10.6 Å². The van der Waals surface area contributed by atoms with E-state index in [0.29, 0.717) is 24.5 Å². The van der Waals surface area contributed by atoms with Crippen LogP contribution in [0.3, 0.4) is 0 Å². The van der Waals surface area contributed by atoms with Gasteiger partial charge in [0.15, 0.2) is 0 Å². The van der Waals surface area contributed by atoms with Crippen LogP contribution in [0, 0.1) is 0 Å². The van der Waals surface area contributed by atoms with Gasteiger partial charge in [-0.3, -0.25) is 0 Å². The maximum Gasteiger partial charge on any atom is 0.244 e. The Bertz CT molecular complexity index is 596. The molecule has 5 nitrogen and oxygen atoms in total. The number of nitrogen functional groups attached to an aromatic ring is 1. The molecule has 0 aliphatic heterocycles. The molecule has 3 N–H and O–H groups in total. The van der Waals surface area contributed by atoms with Crippen LogP contribution in [0.1, 0.15) is 26.2 Å². The van der Waals surface area contributed by atoms with Crippen molar-refractivity contribution in [3.63, 3.8) is 0 Å². The van der Waals surface area contributed by atoms with Crippen molar-refractivity contribution in [2.45, 2.75) is 37.1 Å². The first kappa shape index (κ1) is 14.9. The molecule has 1 atom stereocenters. The van der Waals surface area contributed by atoms with Crippen molar-refractivity contribution >= 4 is 15.7 Å². The van der Waals surface area contributed by atoms with Crippen LogP contribution in [0.25, 0.3) is 0 Å². The first-order valence-corrected chi connectivity index (χ1v) is 8.21. The number of nitrogens with two attached hydrogens (primary N) is 1. The van der Waals surface area contributed by atoms with Crippen LogP contribution in [-0.2, 0) is 10.0 Å². The zero-order chi connectivity index (χ0) is 14.6. The summed E-state index contributed by atoms with van der Waals surface area (Å²) in [6.07, 6.45) is 6.48. The number of sulfonamides is 1. The van der Waals surface area contributed by atoms with Crippen molar-refractivity contribution < 1.29 is 13.2 Å². The quantitative estimate of drug-likeness (QED) is 0.643. The predicted molar refractivity (Wildman–Crippen MR) is 79.1 cm³/mol. The fourth-order valence-corrected chi connectivity index (χ4v) is 3.66. The van der Waals surface area contributed by atoms with Gasteiger partial charge in [-0.2, -0.15) is 0 Å². The first-order valence-electron chi connectivity index (χ1n) is 6.72. The van der Waals surface area contributed by atoms with E-state index in [1.807, 2.05) is 13.0 Å². The summed E-state index contributed by atoms with van der Waals surface area (Å²) in [4.78, 5) is 0.105. The highest BCUT2D eigenvalue weighted by molar-refractivity contribution is 7.89. The van der Waals surface area contributed by atoms with Crippen LogP contribution in [0.4, 0.5) is 5.69 Å². The Balaban J connectivity index is 2.27. The van der Waals surface area contributed by atoms with E-state index in [-0.39, 0.29) is 10.9 Å². The SMILES string of the molecule is CCOc1ccc(N)cc1S(=O)(=O)NC1CC=CCC1.